The molecule has 0 atom stereocenters. The smallest absolute Gasteiger partial charge is 0.143 e. The average molecular weight is 700 g/mol. The van der Waals surface area contributed by atoms with Crippen LogP contribution in [0.2, 0.25) is 0 Å². The summed E-state index contributed by atoms with van der Waals surface area (Å²) in [7, 11) is 30.4. The second kappa shape index (κ2) is 13.1. The van der Waals surface area contributed by atoms with Gasteiger partial charge in [-0.3, -0.25) is 0 Å². The van der Waals surface area contributed by atoms with Crippen LogP contribution in [-0.4, -0.2) is 102 Å². The van der Waals surface area contributed by atoms with E-state index in [2.05, 4.69) is 181 Å². The first-order valence-corrected chi connectivity index (χ1v) is 20.2. The largest absolute Gasteiger partial charge is 0.455 e. The zero-order valence-electron chi connectivity index (χ0n) is 35.4. The van der Waals surface area contributed by atoms with Crippen LogP contribution in [0.25, 0.3) is 87.6 Å². The molecule has 1 aromatic heterocycles. The van der Waals surface area contributed by atoms with Crippen LogP contribution in [0.15, 0.2) is 83.3 Å². The van der Waals surface area contributed by atoms with Gasteiger partial charge in [-0.1, -0.05) is 99.5 Å². The number of benzene rings is 8. The standard InChI is InChI=1S/C42H39B13O/c43-29-24-21(16-10-8-15(9-11-16)17-6-3-7-20-22(17)19-13-12-14-4-1-2-5-18(14)42(19)56-20)25-27(32(46)38(52)36(50)30(25)44)23(26(24)31(45)37(51)35(29)49)28-33(47)39(53)41(55)40(54)34(28)48/h1-13H,43-55H2. The molecule has 252 valence electrons. The number of fused-ring (bicyclic) bond motifs is 7. The summed E-state index contributed by atoms with van der Waals surface area (Å²) in [5.41, 5.74) is 27.7. The molecule has 8 aromatic carbocycles. The van der Waals surface area contributed by atoms with E-state index in [1.807, 2.05) is 0 Å². The second-order valence-corrected chi connectivity index (χ2v) is 16.8. The van der Waals surface area contributed by atoms with Crippen molar-refractivity contribution in [1.29, 1.82) is 0 Å². The SMILES string of the molecule is Bc1c(B)c(B)c(-c2c3c(B)c(B)c(B)c(B)c3c(-c3ccc(-c4cccc5oc6c7ccccc7ccc6c45)cc3)c3c(B)c(B)c(B)c(B)c23)c(B)c1B. The topological polar surface area (TPSA) is 13.1 Å². The number of furan rings is 1. The van der Waals surface area contributed by atoms with E-state index >= 15 is 0 Å². The van der Waals surface area contributed by atoms with Gasteiger partial charge in [-0.2, -0.15) is 0 Å². The predicted octanol–water partition coefficient (Wildman–Crippen LogP) is -10.6. The van der Waals surface area contributed by atoms with Crippen LogP contribution >= 0.6 is 0 Å². The van der Waals surface area contributed by atoms with Crippen molar-refractivity contribution in [2.24, 2.45) is 0 Å². The molecule has 0 spiro atoms. The van der Waals surface area contributed by atoms with Crippen molar-refractivity contribution >= 4 is 227 Å². The van der Waals surface area contributed by atoms with E-state index in [1.54, 1.807) is 0 Å². The Morgan fingerprint density at radius 1 is 0.304 bits per heavy atom. The summed E-state index contributed by atoms with van der Waals surface area (Å²) >= 11 is 0. The van der Waals surface area contributed by atoms with Gasteiger partial charge in [0.2, 0.25) is 0 Å². The lowest BCUT2D eigenvalue weighted by Gasteiger charge is -2.30. The van der Waals surface area contributed by atoms with E-state index < -0.39 is 0 Å². The van der Waals surface area contributed by atoms with E-state index in [-0.39, 0.29) is 0 Å². The monoisotopic (exact) mass is 702 g/mol. The van der Waals surface area contributed by atoms with Crippen LogP contribution < -0.4 is 71.0 Å². The lowest BCUT2D eigenvalue weighted by molar-refractivity contribution is 0.673. The molecule has 0 fully saturated rings. The average Bonchev–Trinajstić information content (AvgIpc) is 3.61. The Labute approximate surface area is 342 Å². The minimum atomic E-state index is 0.923. The molecule has 0 aliphatic carbocycles. The summed E-state index contributed by atoms with van der Waals surface area (Å²) in [6.07, 6.45) is 0. The number of hydrogen-bond acceptors (Lipinski definition) is 1. The van der Waals surface area contributed by atoms with E-state index in [1.165, 1.54) is 137 Å². The van der Waals surface area contributed by atoms with Crippen LogP contribution in [0.1, 0.15) is 0 Å². The Morgan fingerprint density at radius 2 is 0.768 bits per heavy atom. The summed E-state index contributed by atoms with van der Waals surface area (Å²) in [4.78, 5) is 0. The van der Waals surface area contributed by atoms with Gasteiger partial charge in [-0.15, -0.1) is 38.2 Å². The maximum Gasteiger partial charge on any atom is 0.143 e. The predicted molar refractivity (Wildman–Crippen MR) is 289 cm³/mol. The van der Waals surface area contributed by atoms with Crippen LogP contribution in [-0.2, 0) is 0 Å². The van der Waals surface area contributed by atoms with Gasteiger partial charge in [-0.25, -0.2) is 0 Å². The van der Waals surface area contributed by atoms with Gasteiger partial charge >= 0.3 is 0 Å². The third kappa shape index (κ3) is 5.00. The van der Waals surface area contributed by atoms with Crippen molar-refractivity contribution in [3.63, 3.8) is 0 Å². The fourth-order valence-corrected chi connectivity index (χ4v) is 10.1. The molecule has 1 heterocycles. The molecule has 0 N–H and O–H groups in total. The van der Waals surface area contributed by atoms with Crippen molar-refractivity contribution in [2.45, 2.75) is 0 Å². The Morgan fingerprint density at radius 3 is 1.32 bits per heavy atom. The van der Waals surface area contributed by atoms with Crippen LogP contribution in [0.4, 0.5) is 0 Å². The maximum absolute atomic E-state index is 6.59. The number of hydrogen-bond donors (Lipinski definition) is 0. The van der Waals surface area contributed by atoms with Crippen molar-refractivity contribution < 1.29 is 4.42 Å². The first kappa shape index (κ1) is 36.8. The lowest BCUT2D eigenvalue weighted by Crippen LogP contribution is -2.55. The Kier molecular flexibility index (Phi) is 8.62. The van der Waals surface area contributed by atoms with Crippen molar-refractivity contribution in [3.05, 3.63) is 78.9 Å². The van der Waals surface area contributed by atoms with Crippen molar-refractivity contribution in [1.82, 2.24) is 0 Å². The molecule has 9 aromatic rings. The van der Waals surface area contributed by atoms with E-state index in [4.69, 9.17) is 4.42 Å². The Hall–Kier alpha value is -4.82. The molecule has 0 bridgehead atoms. The molecule has 14 heteroatoms. The summed E-state index contributed by atoms with van der Waals surface area (Å²) < 4.78 is 6.59. The fourth-order valence-electron chi connectivity index (χ4n) is 10.1. The highest BCUT2D eigenvalue weighted by atomic mass is 16.3. The van der Waals surface area contributed by atoms with Gasteiger partial charge < -0.3 is 4.42 Å². The fraction of sp³-hybridized carbons (Fsp3) is 0. The summed E-state index contributed by atoms with van der Waals surface area (Å²) in [6.45, 7) is 0. The molecule has 9 rings (SSSR count). The zero-order valence-corrected chi connectivity index (χ0v) is 35.4. The van der Waals surface area contributed by atoms with Crippen LogP contribution in [0, 0.1) is 0 Å². The zero-order chi connectivity index (χ0) is 39.6. The second-order valence-electron chi connectivity index (χ2n) is 16.8. The Balaban J connectivity index is 1.40. The molecule has 0 saturated heterocycles. The minimum Gasteiger partial charge on any atom is -0.455 e. The summed E-state index contributed by atoms with van der Waals surface area (Å²) in [5, 5.41) is 10.3. The van der Waals surface area contributed by atoms with Crippen molar-refractivity contribution in [3.8, 4) is 33.4 Å². The minimum absolute atomic E-state index is 0.923. The van der Waals surface area contributed by atoms with Crippen LogP contribution in [0.5, 0.6) is 0 Å². The summed E-state index contributed by atoms with van der Waals surface area (Å²) in [6, 6.07) is 28.9. The first-order chi connectivity index (χ1) is 26.7. The van der Waals surface area contributed by atoms with Crippen molar-refractivity contribution in [2.75, 3.05) is 0 Å². The Bertz CT molecular complexity index is 3110. The third-order valence-corrected chi connectivity index (χ3v) is 14.5. The highest BCUT2D eigenvalue weighted by Gasteiger charge is 2.27. The van der Waals surface area contributed by atoms with Gasteiger partial charge in [0.15, 0.2) is 0 Å². The highest BCUT2D eigenvalue weighted by Crippen LogP contribution is 2.42. The molecule has 1 nitrogen and oxygen atoms in total. The third-order valence-electron chi connectivity index (χ3n) is 14.5. The molecule has 0 aliphatic heterocycles. The van der Waals surface area contributed by atoms with Gasteiger partial charge in [-0.05, 0) is 72.4 Å². The van der Waals surface area contributed by atoms with E-state index in [0.717, 1.165) is 21.9 Å². The maximum atomic E-state index is 6.59. The van der Waals surface area contributed by atoms with E-state index in [0.29, 0.717) is 0 Å². The normalized spacial score (nSPS) is 11.8. The summed E-state index contributed by atoms with van der Waals surface area (Å²) in [5.74, 6) is 0. The lowest BCUT2D eigenvalue weighted by atomic mass is 9.56. The quantitative estimate of drug-likeness (QED) is 0.132. The van der Waals surface area contributed by atoms with Crippen LogP contribution in [0.3, 0.4) is 0 Å². The molecule has 56 heavy (non-hydrogen) atoms. The van der Waals surface area contributed by atoms with Gasteiger partial charge in [0, 0.05) is 16.2 Å². The molecular weight excluding hydrogens is 661 g/mol. The molecular formula is C42H39B13O. The molecule has 0 amide bonds. The highest BCUT2D eigenvalue weighted by molar-refractivity contribution is 6.73. The molecule has 0 radical (unpaired) electrons. The van der Waals surface area contributed by atoms with Gasteiger partial charge in [0.25, 0.3) is 0 Å². The molecule has 0 aliphatic rings. The van der Waals surface area contributed by atoms with Gasteiger partial charge in [0.05, 0.1) is 0 Å². The molecule has 0 saturated carbocycles. The van der Waals surface area contributed by atoms with E-state index in [9.17, 15) is 0 Å². The number of rotatable bonds is 3. The molecule has 0 unspecified atom stereocenters. The first-order valence-electron chi connectivity index (χ1n) is 20.2. The van der Waals surface area contributed by atoms with Gasteiger partial charge in [0.1, 0.15) is 113 Å².